The molecular formula is C13H17F2NO2. The third-order valence-electron chi connectivity index (χ3n) is 3.32. The fraction of sp³-hybridized carbons (Fsp3) is 0.462. The number of rotatable bonds is 4. The largest absolute Gasteiger partial charge is 0.469 e. The quantitative estimate of drug-likeness (QED) is 0.841. The number of carbonyl (C=O) groups excluding carboxylic acids is 1. The molecule has 0 saturated carbocycles. The normalized spacial score (nSPS) is 15.9. The van der Waals surface area contributed by atoms with Gasteiger partial charge < -0.3 is 10.5 Å². The SMILES string of the molecule is COC(=O)CC(C)(c1ccc(F)c(F)c1)C(C)N. The van der Waals surface area contributed by atoms with Crippen LogP contribution < -0.4 is 5.73 Å². The Morgan fingerprint density at radius 3 is 2.50 bits per heavy atom. The molecule has 3 nitrogen and oxygen atoms in total. The lowest BCUT2D eigenvalue weighted by atomic mass is 9.74. The zero-order valence-electron chi connectivity index (χ0n) is 10.7. The summed E-state index contributed by atoms with van der Waals surface area (Å²) in [5.41, 5.74) is 5.54. The van der Waals surface area contributed by atoms with Gasteiger partial charge in [-0.2, -0.15) is 0 Å². The van der Waals surface area contributed by atoms with Gasteiger partial charge in [-0.1, -0.05) is 13.0 Å². The summed E-state index contributed by atoms with van der Waals surface area (Å²) in [5, 5.41) is 0. The Hall–Kier alpha value is -1.49. The fourth-order valence-electron chi connectivity index (χ4n) is 1.75. The summed E-state index contributed by atoms with van der Waals surface area (Å²) < 4.78 is 30.8. The van der Waals surface area contributed by atoms with E-state index in [1.807, 2.05) is 0 Å². The van der Waals surface area contributed by atoms with Crippen molar-refractivity contribution in [3.63, 3.8) is 0 Å². The van der Waals surface area contributed by atoms with Crippen LogP contribution in [-0.4, -0.2) is 19.1 Å². The van der Waals surface area contributed by atoms with Gasteiger partial charge in [-0.25, -0.2) is 8.78 Å². The Morgan fingerprint density at radius 2 is 2.06 bits per heavy atom. The van der Waals surface area contributed by atoms with Crippen LogP contribution in [0.25, 0.3) is 0 Å². The van der Waals surface area contributed by atoms with E-state index in [0.29, 0.717) is 5.56 Å². The van der Waals surface area contributed by atoms with Gasteiger partial charge in [0.2, 0.25) is 0 Å². The smallest absolute Gasteiger partial charge is 0.306 e. The monoisotopic (exact) mass is 257 g/mol. The van der Waals surface area contributed by atoms with Gasteiger partial charge in [0.05, 0.1) is 13.5 Å². The standard InChI is InChI=1S/C13H17F2NO2/c1-8(16)13(2,7-12(17)18-3)9-4-5-10(14)11(15)6-9/h4-6,8H,7,16H2,1-3H3. The molecule has 0 bridgehead atoms. The molecule has 0 radical (unpaired) electrons. The Bertz CT molecular complexity index is 449. The summed E-state index contributed by atoms with van der Waals surface area (Å²) >= 11 is 0. The molecule has 5 heteroatoms. The van der Waals surface area contributed by atoms with Gasteiger partial charge in [-0.3, -0.25) is 4.79 Å². The van der Waals surface area contributed by atoms with Crippen molar-refractivity contribution >= 4 is 5.97 Å². The van der Waals surface area contributed by atoms with Crippen LogP contribution in [0.3, 0.4) is 0 Å². The second-order valence-electron chi connectivity index (χ2n) is 4.59. The molecule has 0 heterocycles. The van der Waals surface area contributed by atoms with Crippen molar-refractivity contribution < 1.29 is 18.3 Å². The summed E-state index contributed by atoms with van der Waals surface area (Å²) in [6.07, 6.45) is 0.00619. The van der Waals surface area contributed by atoms with Gasteiger partial charge in [0.1, 0.15) is 0 Å². The lowest BCUT2D eigenvalue weighted by molar-refractivity contribution is -0.142. The Kier molecular flexibility index (Phi) is 4.40. The topological polar surface area (TPSA) is 52.3 Å². The highest BCUT2D eigenvalue weighted by Gasteiger charge is 2.34. The highest BCUT2D eigenvalue weighted by atomic mass is 19.2. The maximum Gasteiger partial charge on any atom is 0.306 e. The lowest BCUT2D eigenvalue weighted by Crippen LogP contribution is -2.43. The number of hydrogen-bond acceptors (Lipinski definition) is 3. The van der Waals surface area contributed by atoms with Gasteiger partial charge >= 0.3 is 5.97 Å². The molecule has 2 N–H and O–H groups in total. The van der Waals surface area contributed by atoms with E-state index < -0.39 is 29.1 Å². The number of carbonyl (C=O) groups is 1. The first-order chi connectivity index (χ1) is 8.31. The van der Waals surface area contributed by atoms with Crippen molar-refractivity contribution in [3.05, 3.63) is 35.4 Å². The predicted octanol–water partition coefficient (Wildman–Crippen LogP) is 2.13. The molecule has 100 valence electrons. The minimum atomic E-state index is -0.954. The van der Waals surface area contributed by atoms with Crippen LogP contribution >= 0.6 is 0 Å². The van der Waals surface area contributed by atoms with Crippen LogP contribution in [0.5, 0.6) is 0 Å². The van der Waals surface area contributed by atoms with Gasteiger partial charge in [-0.15, -0.1) is 0 Å². The maximum atomic E-state index is 13.3. The van der Waals surface area contributed by atoms with Crippen molar-refractivity contribution in [2.75, 3.05) is 7.11 Å². The first kappa shape index (κ1) is 14.6. The molecule has 1 aromatic carbocycles. The van der Waals surface area contributed by atoms with Crippen molar-refractivity contribution in [3.8, 4) is 0 Å². The minimum Gasteiger partial charge on any atom is -0.469 e. The summed E-state index contributed by atoms with van der Waals surface area (Å²) in [6.45, 7) is 3.44. The zero-order valence-corrected chi connectivity index (χ0v) is 10.7. The summed E-state index contributed by atoms with van der Waals surface area (Å²) in [4.78, 5) is 11.4. The molecule has 0 spiro atoms. The number of ether oxygens (including phenoxy) is 1. The maximum absolute atomic E-state index is 13.3. The van der Waals surface area contributed by atoms with E-state index in [1.54, 1.807) is 13.8 Å². The van der Waals surface area contributed by atoms with Crippen LogP contribution in [0, 0.1) is 11.6 Å². The molecular weight excluding hydrogens is 240 g/mol. The molecule has 0 aliphatic heterocycles. The summed E-state index contributed by atoms with van der Waals surface area (Å²) in [6, 6.07) is 3.12. The second-order valence-corrected chi connectivity index (χ2v) is 4.59. The van der Waals surface area contributed by atoms with E-state index >= 15 is 0 Å². The van der Waals surface area contributed by atoms with Crippen LogP contribution in [0.15, 0.2) is 18.2 Å². The van der Waals surface area contributed by atoms with Crippen molar-refractivity contribution in [1.82, 2.24) is 0 Å². The van der Waals surface area contributed by atoms with Gasteiger partial charge in [0.15, 0.2) is 11.6 Å². The predicted molar refractivity (Wildman–Crippen MR) is 64.0 cm³/mol. The van der Waals surface area contributed by atoms with Crippen LogP contribution in [0.1, 0.15) is 25.8 Å². The van der Waals surface area contributed by atoms with Gasteiger partial charge in [0.25, 0.3) is 0 Å². The Labute approximate surface area is 105 Å². The Balaban J connectivity index is 3.18. The molecule has 0 fully saturated rings. The average Bonchev–Trinajstić information content (AvgIpc) is 2.31. The van der Waals surface area contributed by atoms with Crippen LogP contribution in [0.2, 0.25) is 0 Å². The first-order valence-corrected chi connectivity index (χ1v) is 5.59. The molecule has 2 unspecified atom stereocenters. The number of methoxy groups -OCH3 is 1. The van der Waals surface area contributed by atoms with E-state index in [4.69, 9.17) is 5.73 Å². The van der Waals surface area contributed by atoms with Crippen molar-refractivity contribution in [2.24, 2.45) is 5.73 Å². The molecule has 0 aliphatic rings. The number of halogens is 2. The minimum absolute atomic E-state index is 0.00619. The lowest BCUT2D eigenvalue weighted by Gasteiger charge is -2.33. The fourth-order valence-corrected chi connectivity index (χ4v) is 1.75. The molecule has 1 aromatic rings. The van der Waals surface area contributed by atoms with E-state index in [1.165, 1.54) is 13.2 Å². The Morgan fingerprint density at radius 1 is 1.44 bits per heavy atom. The first-order valence-electron chi connectivity index (χ1n) is 5.59. The van der Waals surface area contributed by atoms with Crippen LogP contribution in [-0.2, 0) is 14.9 Å². The van der Waals surface area contributed by atoms with E-state index in [2.05, 4.69) is 4.74 Å². The molecule has 1 rings (SSSR count). The van der Waals surface area contributed by atoms with E-state index in [9.17, 15) is 13.6 Å². The molecule has 18 heavy (non-hydrogen) atoms. The summed E-state index contributed by atoms with van der Waals surface area (Å²) in [5.74, 6) is -2.33. The van der Waals surface area contributed by atoms with Gasteiger partial charge in [0, 0.05) is 11.5 Å². The molecule has 0 saturated heterocycles. The number of nitrogens with two attached hydrogens (primary N) is 1. The highest BCUT2D eigenvalue weighted by Crippen LogP contribution is 2.31. The molecule has 2 atom stereocenters. The second kappa shape index (κ2) is 5.44. The average molecular weight is 257 g/mol. The van der Waals surface area contributed by atoms with Crippen molar-refractivity contribution in [2.45, 2.75) is 31.7 Å². The van der Waals surface area contributed by atoms with Crippen molar-refractivity contribution in [1.29, 1.82) is 0 Å². The number of benzene rings is 1. The number of esters is 1. The summed E-state index contributed by atoms with van der Waals surface area (Å²) in [7, 11) is 1.27. The molecule has 0 aromatic heterocycles. The van der Waals surface area contributed by atoms with Gasteiger partial charge in [-0.05, 0) is 24.6 Å². The number of hydrogen-bond donors (Lipinski definition) is 1. The molecule has 0 amide bonds. The van der Waals surface area contributed by atoms with E-state index in [0.717, 1.165) is 12.1 Å². The third-order valence-corrected chi connectivity index (χ3v) is 3.32. The zero-order chi connectivity index (χ0) is 13.9. The highest BCUT2D eigenvalue weighted by molar-refractivity contribution is 5.71. The van der Waals surface area contributed by atoms with E-state index in [-0.39, 0.29) is 6.42 Å². The molecule has 0 aliphatic carbocycles. The third kappa shape index (κ3) is 2.85. The van der Waals surface area contributed by atoms with Crippen LogP contribution in [0.4, 0.5) is 8.78 Å².